The molecular formula is C20H22N2O4. The van der Waals surface area contributed by atoms with Crippen LogP contribution in [0.1, 0.15) is 40.7 Å². The van der Waals surface area contributed by atoms with Crippen LogP contribution in [0.5, 0.6) is 11.5 Å². The monoisotopic (exact) mass is 354 g/mol. The van der Waals surface area contributed by atoms with Crippen molar-refractivity contribution in [2.24, 2.45) is 5.73 Å². The lowest BCUT2D eigenvalue weighted by molar-refractivity contribution is -0.117. The average Bonchev–Trinajstić information content (AvgIpc) is 3.06. The summed E-state index contributed by atoms with van der Waals surface area (Å²) in [7, 11) is 1.62. The zero-order chi connectivity index (χ0) is 18.7. The Morgan fingerprint density at radius 2 is 1.96 bits per heavy atom. The number of nitrogens with one attached hydrogen (secondary N) is 1. The van der Waals surface area contributed by atoms with Gasteiger partial charge < -0.3 is 20.5 Å². The summed E-state index contributed by atoms with van der Waals surface area (Å²) < 4.78 is 10.6. The lowest BCUT2D eigenvalue weighted by Crippen LogP contribution is -2.22. The number of hydrogen-bond donors (Lipinski definition) is 2. The molecule has 0 aliphatic heterocycles. The van der Waals surface area contributed by atoms with Crippen molar-refractivity contribution in [2.75, 3.05) is 19.0 Å². The normalized spacial score (nSPS) is 15.2. The van der Waals surface area contributed by atoms with Crippen molar-refractivity contribution in [1.82, 2.24) is 0 Å². The number of methoxy groups -OCH3 is 1. The fraction of sp³-hybridized carbons (Fsp3) is 0.300. The van der Waals surface area contributed by atoms with E-state index in [0.717, 1.165) is 29.7 Å². The van der Waals surface area contributed by atoms with Gasteiger partial charge in [0.15, 0.2) is 0 Å². The Hall–Kier alpha value is -3.02. The number of carbonyl (C=O) groups excluding carboxylic acids is 2. The summed E-state index contributed by atoms with van der Waals surface area (Å²) in [6.45, 7) is 2.33. The maximum Gasteiger partial charge on any atom is 0.250 e. The van der Waals surface area contributed by atoms with Crippen molar-refractivity contribution in [3.8, 4) is 11.5 Å². The second kappa shape index (κ2) is 7.47. The Balaban J connectivity index is 1.82. The van der Waals surface area contributed by atoms with Gasteiger partial charge in [0.1, 0.15) is 11.5 Å². The highest BCUT2D eigenvalue weighted by Crippen LogP contribution is 2.36. The number of ether oxygens (including phenoxy) is 2. The van der Waals surface area contributed by atoms with E-state index in [1.165, 1.54) is 0 Å². The molecule has 1 unspecified atom stereocenters. The van der Waals surface area contributed by atoms with Crippen LogP contribution in [-0.4, -0.2) is 25.5 Å². The molecule has 0 fully saturated rings. The second-order valence-electron chi connectivity index (χ2n) is 6.15. The van der Waals surface area contributed by atoms with Crippen molar-refractivity contribution >= 4 is 17.5 Å². The van der Waals surface area contributed by atoms with Crippen LogP contribution in [0, 0.1) is 0 Å². The zero-order valence-electron chi connectivity index (χ0n) is 14.9. The van der Waals surface area contributed by atoms with Crippen LogP contribution >= 0.6 is 0 Å². The van der Waals surface area contributed by atoms with Gasteiger partial charge in [-0.15, -0.1) is 0 Å². The number of amides is 2. The molecule has 3 N–H and O–H groups in total. The molecule has 0 spiro atoms. The van der Waals surface area contributed by atoms with Gasteiger partial charge in [0.25, 0.3) is 5.91 Å². The predicted octanol–water partition coefficient (Wildman–Crippen LogP) is 2.86. The molecule has 0 bridgehead atoms. The largest absolute Gasteiger partial charge is 0.497 e. The van der Waals surface area contributed by atoms with Gasteiger partial charge in [0.2, 0.25) is 5.91 Å². The van der Waals surface area contributed by atoms with Gasteiger partial charge >= 0.3 is 0 Å². The Labute approximate surface area is 152 Å². The van der Waals surface area contributed by atoms with Gasteiger partial charge in [-0.05, 0) is 61.2 Å². The van der Waals surface area contributed by atoms with Crippen molar-refractivity contribution in [1.29, 1.82) is 0 Å². The fourth-order valence-corrected chi connectivity index (χ4v) is 3.31. The van der Waals surface area contributed by atoms with Crippen LogP contribution in [0.4, 0.5) is 5.69 Å². The van der Waals surface area contributed by atoms with E-state index >= 15 is 0 Å². The molecule has 136 valence electrons. The molecule has 0 radical (unpaired) electrons. The van der Waals surface area contributed by atoms with E-state index in [4.69, 9.17) is 15.2 Å². The van der Waals surface area contributed by atoms with Gasteiger partial charge in [-0.25, -0.2) is 0 Å². The van der Waals surface area contributed by atoms with Crippen LogP contribution < -0.4 is 20.5 Å². The number of primary amides is 1. The summed E-state index contributed by atoms with van der Waals surface area (Å²) in [6.07, 6.45) is 1.54. The molecule has 3 rings (SSSR count). The van der Waals surface area contributed by atoms with Crippen molar-refractivity contribution in [2.45, 2.75) is 25.7 Å². The number of aryl methyl sites for hydroxylation is 1. The quantitative estimate of drug-likeness (QED) is 0.834. The number of benzene rings is 2. The lowest BCUT2D eigenvalue weighted by Gasteiger charge is -2.15. The van der Waals surface area contributed by atoms with E-state index in [0.29, 0.717) is 18.0 Å². The van der Waals surface area contributed by atoms with Gasteiger partial charge in [0, 0.05) is 0 Å². The van der Waals surface area contributed by atoms with Crippen LogP contribution in [0.15, 0.2) is 36.4 Å². The van der Waals surface area contributed by atoms with E-state index in [9.17, 15) is 9.59 Å². The molecule has 0 saturated carbocycles. The van der Waals surface area contributed by atoms with E-state index in [1.54, 1.807) is 25.3 Å². The van der Waals surface area contributed by atoms with Crippen LogP contribution in [-0.2, 0) is 11.2 Å². The first-order valence-electron chi connectivity index (χ1n) is 8.57. The molecule has 6 nitrogen and oxygen atoms in total. The van der Waals surface area contributed by atoms with E-state index in [2.05, 4.69) is 5.32 Å². The smallest absolute Gasteiger partial charge is 0.250 e. The Morgan fingerprint density at radius 1 is 1.19 bits per heavy atom. The van der Waals surface area contributed by atoms with E-state index < -0.39 is 5.91 Å². The third-order valence-corrected chi connectivity index (χ3v) is 4.57. The highest BCUT2D eigenvalue weighted by molar-refractivity contribution is 6.05. The minimum Gasteiger partial charge on any atom is -0.497 e. The summed E-state index contributed by atoms with van der Waals surface area (Å²) in [5.41, 5.74) is 8.20. The fourth-order valence-electron chi connectivity index (χ4n) is 3.31. The molecule has 26 heavy (non-hydrogen) atoms. The number of hydrogen-bond acceptors (Lipinski definition) is 4. The number of fused-ring (bicyclic) bond motifs is 1. The molecule has 2 amide bonds. The molecule has 0 saturated heterocycles. The minimum absolute atomic E-state index is 0.152. The molecular weight excluding hydrogens is 332 g/mol. The Morgan fingerprint density at radius 3 is 2.65 bits per heavy atom. The summed E-state index contributed by atoms with van der Waals surface area (Å²) >= 11 is 0. The van der Waals surface area contributed by atoms with E-state index in [-0.39, 0.29) is 17.4 Å². The second-order valence-corrected chi connectivity index (χ2v) is 6.15. The Kier molecular flexibility index (Phi) is 5.11. The maximum atomic E-state index is 12.8. The van der Waals surface area contributed by atoms with Gasteiger partial charge in [-0.1, -0.05) is 6.07 Å². The predicted molar refractivity (Wildman–Crippen MR) is 98.8 cm³/mol. The molecule has 0 aromatic heterocycles. The SMILES string of the molecule is CCOc1ccc(NC(=O)C2CCc3cc(OC)ccc32)c(C(N)=O)c1. The molecule has 6 heteroatoms. The Bertz CT molecular complexity index is 848. The zero-order valence-corrected chi connectivity index (χ0v) is 14.9. The van der Waals surface area contributed by atoms with E-state index in [1.807, 2.05) is 25.1 Å². The van der Waals surface area contributed by atoms with Gasteiger partial charge in [0.05, 0.1) is 30.9 Å². The number of carbonyl (C=O) groups is 2. The molecule has 1 aliphatic rings. The third-order valence-electron chi connectivity index (χ3n) is 4.57. The molecule has 1 aliphatic carbocycles. The molecule has 2 aromatic carbocycles. The van der Waals surface area contributed by atoms with Crippen molar-refractivity contribution in [3.05, 3.63) is 53.1 Å². The molecule has 1 atom stereocenters. The average molecular weight is 354 g/mol. The van der Waals surface area contributed by atoms with Crippen LogP contribution in [0.2, 0.25) is 0 Å². The summed E-state index contributed by atoms with van der Waals surface area (Å²) in [4.78, 5) is 24.5. The maximum absolute atomic E-state index is 12.8. The first-order chi connectivity index (χ1) is 12.5. The first kappa shape index (κ1) is 17.8. The number of nitrogens with two attached hydrogens (primary N) is 1. The summed E-state index contributed by atoms with van der Waals surface area (Å²) in [5.74, 6) is 0.298. The van der Waals surface area contributed by atoms with Crippen molar-refractivity contribution in [3.63, 3.8) is 0 Å². The lowest BCUT2D eigenvalue weighted by atomic mass is 10.00. The van der Waals surface area contributed by atoms with Crippen LogP contribution in [0.3, 0.4) is 0 Å². The topological polar surface area (TPSA) is 90.7 Å². The summed E-state index contributed by atoms with van der Waals surface area (Å²) in [6, 6.07) is 10.7. The summed E-state index contributed by atoms with van der Waals surface area (Å²) in [5, 5.41) is 2.85. The molecule has 0 heterocycles. The third kappa shape index (κ3) is 3.49. The van der Waals surface area contributed by atoms with Crippen molar-refractivity contribution < 1.29 is 19.1 Å². The number of rotatable bonds is 6. The first-order valence-corrected chi connectivity index (χ1v) is 8.57. The standard InChI is InChI=1S/C20H22N2O4/c1-3-26-14-6-9-18(17(11-14)19(21)23)22-20(24)16-7-4-12-10-13(25-2)5-8-15(12)16/h5-6,8-11,16H,3-4,7H2,1-2H3,(H2,21,23)(H,22,24). The van der Waals surface area contributed by atoms with Gasteiger partial charge in [-0.2, -0.15) is 0 Å². The minimum atomic E-state index is -0.613. The highest BCUT2D eigenvalue weighted by Gasteiger charge is 2.29. The highest BCUT2D eigenvalue weighted by atomic mass is 16.5. The number of anilines is 1. The van der Waals surface area contributed by atoms with Gasteiger partial charge in [-0.3, -0.25) is 9.59 Å². The van der Waals surface area contributed by atoms with Crippen LogP contribution in [0.25, 0.3) is 0 Å². The molecule has 2 aromatic rings.